The van der Waals surface area contributed by atoms with Crippen molar-refractivity contribution >= 4 is 21.6 Å². The van der Waals surface area contributed by atoms with Crippen LogP contribution < -0.4 is 10.0 Å². The van der Waals surface area contributed by atoms with Gasteiger partial charge in [-0.3, -0.25) is 9.52 Å². The molecule has 0 fully saturated rings. The Hall–Kier alpha value is -2.34. The van der Waals surface area contributed by atoms with E-state index in [-0.39, 0.29) is 10.8 Å². The van der Waals surface area contributed by atoms with Gasteiger partial charge in [0.05, 0.1) is 4.90 Å². The van der Waals surface area contributed by atoms with Gasteiger partial charge in [0, 0.05) is 18.3 Å². The molecule has 0 aliphatic heterocycles. The molecule has 0 aromatic heterocycles. The van der Waals surface area contributed by atoms with E-state index >= 15 is 0 Å². The summed E-state index contributed by atoms with van der Waals surface area (Å²) < 4.78 is 27.2. The highest BCUT2D eigenvalue weighted by Crippen LogP contribution is 2.19. The third-order valence-corrected chi connectivity index (χ3v) is 4.81. The predicted octanol–water partition coefficient (Wildman–Crippen LogP) is 2.46. The molecule has 2 aromatic rings. The number of carbonyl (C=O) groups is 1. The van der Waals surface area contributed by atoms with Gasteiger partial charge in [-0.15, -0.1) is 0 Å². The number of sulfonamides is 1. The molecule has 0 saturated heterocycles. The average molecular weight is 318 g/mol. The Bertz CT molecular complexity index is 797. The maximum atomic E-state index is 12.3. The summed E-state index contributed by atoms with van der Waals surface area (Å²) >= 11 is 0. The molecular formula is C16H18N2O3S. The second kappa shape index (κ2) is 6.19. The van der Waals surface area contributed by atoms with Crippen LogP contribution in [0.1, 0.15) is 21.5 Å². The minimum Gasteiger partial charge on any atom is -0.355 e. The van der Waals surface area contributed by atoms with Gasteiger partial charge >= 0.3 is 0 Å². The molecule has 2 aromatic carbocycles. The summed E-state index contributed by atoms with van der Waals surface area (Å²) in [5.74, 6) is -0.258. The molecule has 6 heteroatoms. The van der Waals surface area contributed by atoms with Crippen LogP contribution in [-0.2, 0) is 10.0 Å². The van der Waals surface area contributed by atoms with Crippen molar-refractivity contribution < 1.29 is 13.2 Å². The maximum Gasteiger partial charge on any atom is 0.261 e. The van der Waals surface area contributed by atoms with E-state index < -0.39 is 10.0 Å². The summed E-state index contributed by atoms with van der Waals surface area (Å²) in [5.41, 5.74) is 3.03. The van der Waals surface area contributed by atoms with Gasteiger partial charge in [-0.05, 0) is 61.4 Å². The first-order valence-corrected chi connectivity index (χ1v) is 8.24. The molecule has 0 unspecified atom stereocenters. The predicted molar refractivity (Wildman–Crippen MR) is 86.6 cm³/mol. The van der Waals surface area contributed by atoms with Gasteiger partial charge in [-0.1, -0.05) is 6.07 Å². The quantitative estimate of drug-likeness (QED) is 0.909. The van der Waals surface area contributed by atoms with Crippen LogP contribution in [0, 0.1) is 13.8 Å². The molecule has 22 heavy (non-hydrogen) atoms. The van der Waals surface area contributed by atoms with Crippen molar-refractivity contribution in [2.75, 3.05) is 11.8 Å². The first kappa shape index (κ1) is 16.0. The van der Waals surface area contributed by atoms with E-state index in [0.29, 0.717) is 11.3 Å². The van der Waals surface area contributed by atoms with Crippen LogP contribution in [0.2, 0.25) is 0 Å². The van der Waals surface area contributed by atoms with Crippen molar-refractivity contribution in [2.24, 2.45) is 0 Å². The van der Waals surface area contributed by atoms with Crippen molar-refractivity contribution in [2.45, 2.75) is 18.7 Å². The molecule has 0 spiro atoms. The number of carbonyl (C=O) groups excluding carboxylic acids is 1. The van der Waals surface area contributed by atoms with Gasteiger partial charge in [0.25, 0.3) is 15.9 Å². The lowest BCUT2D eigenvalue weighted by molar-refractivity contribution is 0.0963. The van der Waals surface area contributed by atoms with Crippen LogP contribution in [0.5, 0.6) is 0 Å². The van der Waals surface area contributed by atoms with Crippen molar-refractivity contribution in [1.82, 2.24) is 5.32 Å². The molecule has 2 rings (SSSR count). The minimum atomic E-state index is -3.67. The summed E-state index contributed by atoms with van der Waals surface area (Å²) in [6.45, 7) is 3.89. The van der Waals surface area contributed by atoms with Crippen LogP contribution in [0.4, 0.5) is 5.69 Å². The molecule has 0 radical (unpaired) electrons. The Labute approximate surface area is 130 Å². The van der Waals surface area contributed by atoms with E-state index in [4.69, 9.17) is 0 Å². The number of aryl methyl sites for hydroxylation is 2. The monoisotopic (exact) mass is 318 g/mol. The van der Waals surface area contributed by atoms with Crippen molar-refractivity contribution in [1.29, 1.82) is 0 Å². The molecule has 2 N–H and O–H groups in total. The van der Waals surface area contributed by atoms with Crippen LogP contribution in [0.3, 0.4) is 0 Å². The number of nitrogens with one attached hydrogen (secondary N) is 2. The van der Waals surface area contributed by atoms with Gasteiger partial charge in [0.15, 0.2) is 0 Å². The largest absolute Gasteiger partial charge is 0.355 e. The number of benzene rings is 2. The van der Waals surface area contributed by atoms with Crippen LogP contribution in [0.15, 0.2) is 47.4 Å². The molecule has 0 atom stereocenters. The second-order valence-corrected chi connectivity index (χ2v) is 6.69. The smallest absolute Gasteiger partial charge is 0.261 e. The van der Waals surface area contributed by atoms with E-state index in [0.717, 1.165) is 11.1 Å². The van der Waals surface area contributed by atoms with Crippen LogP contribution >= 0.6 is 0 Å². The van der Waals surface area contributed by atoms with E-state index in [1.807, 2.05) is 19.9 Å². The Morgan fingerprint density at radius 2 is 1.59 bits per heavy atom. The van der Waals surface area contributed by atoms with Gasteiger partial charge < -0.3 is 5.32 Å². The van der Waals surface area contributed by atoms with Crippen LogP contribution in [-0.4, -0.2) is 21.4 Å². The third-order valence-electron chi connectivity index (χ3n) is 3.41. The lowest BCUT2D eigenvalue weighted by Crippen LogP contribution is -2.18. The standard InChI is InChI=1S/C16H18N2O3S/c1-11-4-7-14(10-12(11)2)18-22(20,21)15-8-5-13(6-9-15)16(19)17-3/h4-10,18H,1-3H3,(H,17,19). The summed E-state index contributed by atoms with van der Waals surface area (Å²) in [6, 6.07) is 11.1. The summed E-state index contributed by atoms with van der Waals surface area (Å²) in [4.78, 5) is 11.6. The van der Waals surface area contributed by atoms with Crippen LogP contribution in [0.25, 0.3) is 0 Å². The molecule has 116 valence electrons. The van der Waals surface area contributed by atoms with Crippen molar-refractivity contribution in [3.8, 4) is 0 Å². The minimum absolute atomic E-state index is 0.110. The molecule has 0 aliphatic rings. The fourth-order valence-corrected chi connectivity index (χ4v) is 3.00. The molecule has 0 saturated carbocycles. The maximum absolute atomic E-state index is 12.3. The highest BCUT2D eigenvalue weighted by molar-refractivity contribution is 7.92. The zero-order valence-corrected chi connectivity index (χ0v) is 13.5. The van der Waals surface area contributed by atoms with E-state index in [1.54, 1.807) is 12.1 Å². The Morgan fingerprint density at radius 3 is 2.14 bits per heavy atom. The van der Waals surface area contributed by atoms with Gasteiger partial charge in [-0.25, -0.2) is 8.42 Å². The van der Waals surface area contributed by atoms with Crippen molar-refractivity contribution in [3.05, 3.63) is 59.2 Å². The number of anilines is 1. The van der Waals surface area contributed by atoms with Gasteiger partial charge in [0.1, 0.15) is 0 Å². The number of amides is 1. The lowest BCUT2D eigenvalue weighted by Gasteiger charge is -2.10. The first-order chi connectivity index (χ1) is 10.3. The molecule has 1 amide bonds. The van der Waals surface area contributed by atoms with E-state index in [9.17, 15) is 13.2 Å². The van der Waals surface area contributed by atoms with Gasteiger partial charge in [0.2, 0.25) is 0 Å². The second-order valence-electron chi connectivity index (χ2n) is 5.01. The Balaban J connectivity index is 2.26. The normalized spacial score (nSPS) is 11.0. The topological polar surface area (TPSA) is 75.3 Å². The van der Waals surface area contributed by atoms with E-state index in [1.165, 1.54) is 31.3 Å². The lowest BCUT2D eigenvalue weighted by atomic mass is 10.1. The van der Waals surface area contributed by atoms with Gasteiger partial charge in [-0.2, -0.15) is 0 Å². The molecular weight excluding hydrogens is 300 g/mol. The molecule has 5 nitrogen and oxygen atoms in total. The number of rotatable bonds is 4. The van der Waals surface area contributed by atoms with Crippen molar-refractivity contribution in [3.63, 3.8) is 0 Å². The zero-order valence-electron chi connectivity index (χ0n) is 12.7. The SMILES string of the molecule is CNC(=O)c1ccc(S(=O)(=O)Nc2ccc(C)c(C)c2)cc1. The van der Waals surface area contributed by atoms with E-state index in [2.05, 4.69) is 10.0 Å². The Morgan fingerprint density at radius 1 is 0.955 bits per heavy atom. The molecule has 0 heterocycles. The number of hydrogen-bond acceptors (Lipinski definition) is 3. The fraction of sp³-hybridized carbons (Fsp3) is 0.188. The first-order valence-electron chi connectivity index (χ1n) is 6.76. The molecule has 0 bridgehead atoms. The third kappa shape index (κ3) is 3.46. The zero-order chi connectivity index (χ0) is 16.3. The summed E-state index contributed by atoms with van der Waals surface area (Å²) in [5, 5.41) is 2.49. The molecule has 0 aliphatic carbocycles. The summed E-state index contributed by atoms with van der Waals surface area (Å²) in [6.07, 6.45) is 0. The Kier molecular flexibility index (Phi) is 4.51. The highest BCUT2D eigenvalue weighted by Gasteiger charge is 2.15. The highest BCUT2D eigenvalue weighted by atomic mass is 32.2. The fourth-order valence-electron chi connectivity index (χ4n) is 1.95. The number of hydrogen-bond donors (Lipinski definition) is 2. The summed E-state index contributed by atoms with van der Waals surface area (Å²) in [7, 11) is -2.15. The average Bonchev–Trinajstić information content (AvgIpc) is 2.50.